The molecule has 0 saturated carbocycles. The van der Waals surface area contributed by atoms with E-state index < -0.39 is 0 Å². The zero-order chi connectivity index (χ0) is 16.5. The van der Waals surface area contributed by atoms with E-state index in [0.29, 0.717) is 17.2 Å². The number of nitrogens with zero attached hydrogens (tertiary/aromatic N) is 2. The summed E-state index contributed by atoms with van der Waals surface area (Å²) < 4.78 is 1.85. The Morgan fingerprint density at radius 1 is 1.55 bits per heavy atom. The number of aromatic nitrogens is 2. The number of aryl methyl sites for hydroxylation is 1. The van der Waals surface area contributed by atoms with Gasteiger partial charge in [0.1, 0.15) is 4.83 Å². The van der Waals surface area contributed by atoms with Gasteiger partial charge in [-0.05, 0) is 31.7 Å². The lowest BCUT2D eigenvalue weighted by molar-refractivity contribution is 0.0890. The maximum Gasteiger partial charge on any atom is 0.261 e. The van der Waals surface area contributed by atoms with Crippen LogP contribution in [0.4, 0.5) is 0 Å². The smallest absolute Gasteiger partial charge is 0.261 e. The Hall–Kier alpha value is -1.40. The van der Waals surface area contributed by atoms with Crippen LogP contribution >= 0.6 is 11.3 Å². The third-order valence-corrected chi connectivity index (χ3v) is 5.37. The molecule has 1 unspecified atom stereocenters. The van der Waals surface area contributed by atoms with Gasteiger partial charge < -0.3 is 10.4 Å². The highest BCUT2D eigenvalue weighted by atomic mass is 32.1. The molecule has 2 aromatic heterocycles. The van der Waals surface area contributed by atoms with Crippen molar-refractivity contribution >= 4 is 27.5 Å². The third kappa shape index (κ3) is 3.17. The quantitative estimate of drug-likeness (QED) is 0.858. The highest BCUT2D eigenvalue weighted by molar-refractivity contribution is 7.20. The van der Waals surface area contributed by atoms with Gasteiger partial charge in [0.05, 0.1) is 10.6 Å². The maximum atomic E-state index is 12.5. The lowest BCUT2D eigenvalue weighted by Crippen LogP contribution is -2.45. The van der Waals surface area contributed by atoms with E-state index in [4.69, 9.17) is 0 Å². The van der Waals surface area contributed by atoms with Crippen LogP contribution in [0.15, 0.2) is 6.07 Å². The van der Waals surface area contributed by atoms with Crippen molar-refractivity contribution in [1.82, 2.24) is 15.1 Å². The number of fused-ring (bicyclic) bond motifs is 1. The summed E-state index contributed by atoms with van der Waals surface area (Å²) in [5.41, 5.74) is 0.655. The number of amides is 1. The number of carbonyl (C=O) groups excluding carboxylic acids is 1. The SMILES string of the molecule is CCC(C)(CCO)NC(=O)c1cc2c(C(C)C)nn(C)c2s1. The van der Waals surface area contributed by atoms with Crippen molar-refractivity contribution in [2.24, 2.45) is 7.05 Å². The number of thiophene rings is 1. The van der Waals surface area contributed by atoms with E-state index in [2.05, 4.69) is 24.3 Å². The Labute approximate surface area is 135 Å². The molecule has 2 heterocycles. The number of aliphatic hydroxyl groups is 1. The van der Waals surface area contributed by atoms with Gasteiger partial charge in [-0.2, -0.15) is 5.10 Å². The third-order valence-electron chi connectivity index (χ3n) is 4.17. The molecule has 0 aliphatic carbocycles. The van der Waals surface area contributed by atoms with Crippen molar-refractivity contribution in [2.45, 2.75) is 52.0 Å². The zero-order valence-electron chi connectivity index (χ0n) is 13.9. The van der Waals surface area contributed by atoms with E-state index in [1.165, 1.54) is 11.3 Å². The second-order valence-electron chi connectivity index (χ2n) is 6.33. The van der Waals surface area contributed by atoms with Crippen LogP contribution in [0, 0.1) is 0 Å². The number of aliphatic hydroxyl groups excluding tert-OH is 1. The molecule has 22 heavy (non-hydrogen) atoms. The summed E-state index contributed by atoms with van der Waals surface area (Å²) in [5.74, 6) is 0.248. The van der Waals surface area contributed by atoms with Crippen molar-refractivity contribution in [2.75, 3.05) is 6.61 Å². The molecule has 6 heteroatoms. The van der Waals surface area contributed by atoms with E-state index in [-0.39, 0.29) is 18.1 Å². The molecule has 2 rings (SSSR count). The fourth-order valence-electron chi connectivity index (χ4n) is 2.51. The molecule has 0 bridgehead atoms. The lowest BCUT2D eigenvalue weighted by atomic mass is 9.95. The van der Waals surface area contributed by atoms with Gasteiger partial charge in [0, 0.05) is 24.6 Å². The fraction of sp³-hybridized carbons (Fsp3) is 0.625. The largest absolute Gasteiger partial charge is 0.396 e. The molecule has 1 amide bonds. The van der Waals surface area contributed by atoms with Gasteiger partial charge in [-0.3, -0.25) is 9.48 Å². The van der Waals surface area contributed by atoms with Crippen molar-refractivity contribution in [3.05, 3.63) is 16.6 Å². The van der Waals surface area contributed by atoms with Gasteiger partial charge in [-0.1, -0.05) is 20.8 Å². The normalized spacial score (nSPS) is 14.5. The van der Waals surface area contributed by atoms with E-state index in [0.717, 1.165) is 22.3 Å². The average molecular weight is 323 g/mol. The molecule has 0 fully saturated rings. The summed E-state index contributed by atoms with van der Waals surface area (Å²) in [4.78, 5) is 14.3. The topological polar surface area (TPSA) is 67.2 Å². The molecule has 0 aliphatic heterocycles. The highest BCUT2D eigenvalue weighted by Crippen LogP contribution is 2.31. The highest BCUT2D eigenvalue weighted by Gasteiger charge is 2.26. The molecule has 0 aliphatic rings. The zero-order valence-corrected chi connectivity index (χ0v) is 14.8. The molecule has 0 aromatic carbocycles. The Balaban J connectivity index is 2.31. The minimum Gasteiger partial charge on any atom is -0.396 e. The molecule has 0 saturated heterocycles. The van der Waals surface area contributed by atoms with Crippen LogP contribution in [-0.4, -0.2) is 32.9 Å². The standard InChI is InChI=1S/C16H25N3O2S/c1-6-16(4,7-8-20)17-14(21)12-9-11-13(10(2)3)18-19(5)15(11)22-12/h9-10,20H,6-8H2,1-5H3,(H,17,21). The molecule has 1 atom stereocenters. The van der Waals surface area contributed by atoms with Gasteiger partial charge in [0.15, 0.2) is 0 Å². The molecule has 5 nitrogen and oxygen atoms in total. The van der Waals surface area contributed by atoms with E-state index in [1.54, 1.807) is 0 Å². The average Bonchev–Trinajstić information content (AvgIpc) is 3.00. The Kier molecular flexibility index (Phi) is 4.92. The van der Waals surface area contributed by atoms with Crippen molar-refractivity contribution in [3.63, 3.8) is 0 Å². The first-order chi connectivity index (χ1) is 10.3. The number of hydrogen-bond donors (Lipinski definition) is 2. The van der Waals surface area contributed by atoms with E-state index in [9.17, 15) is 9.90 Å². The first-order valence-corrected chi connectivity index (χ1v) is 8.52. The summed E-state index contributed by atoms with van der Waals surface area (Å²) in [6, 6.07) is 1.94. The Bertz CT molecular complexity index is 674. The summed E-state index contributed by atoms with van der Waals surface area (Å²) in [5, 5.41) is 17.8. The molecule has 2 aromatic rings. The second kappa shape index (κ2) is 6.38. The summed E-state index contributed by atoms with van der Waals surface area (Å²) in [6.07, 6.45) is 1.34. The van der Waals surface area contributed by atoms with Crippen LogP contribution in [0.5, 0.6) is 0 Å². The van der Waals surface area contributed by atoms with Crippen LogP contribution in [0.2, 0.25) is 0 Å². The number of carbonyl (C=O) groups is 1. The Morgan fingerprint density at radius 3 is 2.77 bits per heavy atom. The number of nitrogens with one attached hydrogen (secondary N) is 1. The van der Waals surface area contributed by atoms with Gasteiger partial charge in [-0.15, -0.1) is 11.3 Å². The molecule has 122 valence electrons. The Morgan fingerprint density at radius 2 is 2.23 bits per heavy atom. The van der Waals surface area contributed by atoms with Crippen LogP contribution in [0.1, 0.15) is 61.8 Å². The van der Waals surface area contributed by atoms with Crippen LogP contribution < -0.4 is 5.32 Å². The molecular weight excluding hydrogens is 298 g/mol. The van der Waals surface area contributed by atoms with Gasteiger partial charge in [0.25, 0.3) is 5.91 Å². The van der Waals surface area contributed by atoms with E-state index >= 15 is 0 Å². The molecule has 0 radical (unpaired) electrons. The molecular formula is C16H25N3O2S. The first kappa shape index (κ1) is 17.0. The van der Waals surface area contributed by atoms with Gasteiger partial charge >= 0.3 is 0 Å². The summed E-state index contributed by atoms with van der Waals surface area (Å²) in [6.45, 7) is 8.26. The minimum absolute atomic E-state index is 0.0679. The maximum absolute atomic E-state index is 12.5. The lowest BCUT2D eigenvalue weighted by Gasteiger charge is -2.28. The molecule has 0 spiro atoms. The second-order valence-corrected chi connectivity index (χ2v) is 7.37. The monoisotopic (exact) mass is 323 g/mol. The van der Waals surface area contributed by atoms with Crippen molar-refractivity contribution < 1.29 is 9.90 Å². The number of rotatable bonds is 6. The van der Waals surface area contributed by atoms with Crippen LogP contribution in [0.3, 0.4) is 0 Å². The van der Waals surface area contributed by atoms with E-state index in [1.807, 2.05) is 31.6 Å². The van der Waals surface area contributed by atoms with Crippen molar-refractivity contribution in [3.8, 4) is 0 Å². The van der Waals surface area contributed by atoms with Crippen LogP contribution in [-0.2, 0) is 7.05 Å². The van der Waals surface area contributed by atoms with Gasteiger partial charge in [-0.25, -0.2) is 0 Å². The van der Waals surface area contributed by atoms with Gasteiger partial charge in [0.2, 0.25) is 0 Å². The predicted molar refractivity (Wildman–Crippen MR) is 90.5 cm³/mol. The summed E-state index contributed by atoms with van der Waals surface area (Å²) in [7, 11) is 1.91. The number of hydrogen-bond acceptors (Lipinski definition) is 4. The first-order valence-electron chi connectivity index (χ1n) is 7.71. The van der Waals surface area contributed by atoms with Crippen molar-refractivity contribution in [1.29, 1.82) is 0 Å². The fourth-order valence-corrected chi connectivity index (χ4v) is 3.49. The predicted octanol–water partition coefficient (Wildman–Crippen LogP) is 3.04. The van der Waals surface area contributed by atoms with Crippen LogP contribution in [0.25, 0.3) is 10.2 Å². The minimum atomic E-state index is -0.374. The molecule has 2 N–H and O–H groups in total. The summed E-state index contributed by atoms with van der Waals surface area (Å²) >= 11 is 1.47.